The van der Waals surface area contributed by atoms with Crippen LogP contribution in [-0.4, -0.2) is 22.2 Å². The van der Waals surface area contributed by atoms with Crippen molar-refractivity contribution < 1.29 is 22.7 Å². The number of imidazole rings is 1. The van der Waals surface area contributed by atoms with E-state index in [2.05, 4.69) is 20.0 Å². The third-order valence-corrected chi connectivity index (χ3v) is 3.38. The number of ether oxygens (including phenoxy) is 1. The Morgan fingerprint density at radius 1 is 1.04 bits per heavy atom. The molecule has 2 aromatic carbocycles. The number of halogens is 3. The van der Waals surface area contributed by atoms with Gasteiger partial charge in [-0.05, 0) is 42.0 Å². The monoisotopic (exact) mass is 351 g/mol. The van der Waals surface area contributed by atoms with Crippen molar-refractivity contribution >= 4 is 16.9 Å². The second-order valence-corrected chi connectivity index (χ2v) is 5.21. The summed E-state index contributed by atoms with van der Waals surface area (Å²) in [7, 11) is 0. The number of H-pyrrole nitrogens is 2. The van der Waals surface area contributed by atoms with Gasteiger partial charge in [0.05, 0.1) is 11.0 Å². The van der Waals surface area contributed by atoms with E-state index in [1.807, 2.05) is 0 Å². The zero-order chi connectivity index (χ0) is 18.0. The number of fused-ring (bicyclic) bond motifs is 1. The molecule has 3 rings (SSSR count). The predicted octanol–water partition coefficient (Wildman–Crippen LogP) is 2.68. The van der Waals surface area contributed by atoms with E-state index in [-0.39, 0.29) is 17.8 Å². The molecule has 3 aromatic rings. The Labute approximate surface area is 138 Å². The van der Waals surface area contributed by atoms with Crippen LogP contribution in [0.4, 0.5) is 13.2 Å². The van der Waals surface area contributed by atoms with Crippen LogP contribution in [0.5, 0.6) is 5.75 Å². The van der Waals surface area contributed by atoms with E-state index in [0.717, 1.165) is 17.7 Å². The number of hydrogen-bond donors (Lipinski definition) is 3. The highest BCUT2D eigenvalue weighted by Gasteiger charge is 2.31. The molecule has 0 radical (unpaired) electrons. The number of alkyl halides is 3. The summed E-state index contributed by atoms with van der Waals surface area (Å²) in [4.78, 5) is 28.5. The summed E-state index contributed by atoms with van der Waals surface area (Å²) in [5.74, 6) is -0.841. The Morgan fingerprint density at radius 2 is 1.72 bits per heavy atom. The number of rotatable bonds is 4. The lowest BCUT2D eigenvalue weighted by atomic mass is 10.1. The summed E-state index contributed by atoms with van der Waals surface area (Å²) >= 11 is 0. The minimum Gasteiger partial charge on any atom is -0.406 e. The molecule has 1 amide bonds. The Hall–Kier alpha value is -3.23. The molecule has 0 saturated heterocycles. The van der Waals surface area contributed by atoms with Crippen molar-refractivity contribution in [1.29, 1.82) is 0 Å². The third-order valence-electron chi connectivity index (χ3n) is 3.38. The van der Waals surface area contributed by atoms with Gasteiger partial charge >= 0.3 is 12.1 Å². The zero-order valence-electron chi connectivity index (χ0n) is 12.6. The fraction of sp³-hybridized carbons (Fsp3) is 0.125. The lowest BCUT2D eigenvalue weighted by Gasteiger charge is -2.09. The first-order valence-electron chi connectivity index (χ1n) is 7.15. The number of amides is 1. The maximum absolute atomic E-state index is 12.1. The topological polar surface area (TPSA) is 87.0 Å². The number of aromatic amines is 2. The van der Waals surface area contributed by atoms with Crippen LogP contribution in [0.3, 0.4) is 0 Å². The molecular weight excluding hydrogens is 339 g/mol. The summed E-state index contributed by atoms with van der Waals surface area (Å²) in [5.41, 5.74) is 1.90. The molecular formula is C16H12F3N3O3. The summed E-state index contributed by atoms with van der Waals surface area (Å²) in [6, 6.07) is 9.78. The average Bonchev–Trinajstić information content (AvgIpc) is 2.91. The number of benzene rings is 2. The molecule has 0 unspecified atom stereocenters. The Kier molecular flexibility index (Phi) is 4.22. The molecule has 1 aromatic heterocycles. The Morgan fingerprint density at radius 3 is 2.40 bits per heavy atom. The molecule has 6 nitrogen and oxygen atoms in total. The van der Waals surface area contributed by atoms with Crippen LogP contribution in [0.2, 0.25) is 0 Å². The van der Waals surface area contributed by atoms with Gasteiger partial charge in [0.2, 0.25) is 0 Å². The van der Waals surface area contributed by atoms with Gasteiger partial charge < -0.3 is 20.0 Å². The van der Waals surface area contributed by atoms with Crippen LogP contribution in [0.15, 0.2) is 47.3 Å². The first kappa shape index (κ1) is 16.6. The SMILES string of the molecule is O=C(NCc1ccc2[nH]c(=O)[nH]c2c1)c1ccc(OC(F)(F)F)cc1. The highest BCUT2D eigenvalue weighted by molar-refractivity contribution is 5.94. The third kappa shape index (κ3) is 4.19. The molecule has 3 N–H and O–H groups in total. The molecule has 9 heteroatoms. The second kappa shape index (κ2) is 6.34. The highest BCUT2D eigenvalue weighted by atomic mass is 19.4. The molecule has 0 aliphatic carbocycles. The number of carbonyl (C=O) groups excluding carboxylic acids is 1. The first-order valence-corrected chi connectivity index (χ1v) is 7.15. The summed E-state index contributed by atoms with van der Waals surface area (Å²) < 4.78 is 40.0. The van der Waals surface area contributed by atoms with Crippen LogP contribution in [-0.2, 0) is 6.54 Å². The van der Waals surface area contributed by atoms with E-state index < -0.39 is 18.0 Å². The molecule has 0 aliphatic rings. The van der Waals surface area contributed by atoms with Gasteiger partial charge in [-0.3, -0.25) is 4.79 Å². The lowest BCUT2D eigenvalue weighted by molar-refractivity contribution is -0.274. The standard InChI is InChI=1S/C16H12F3N3O3/c17-16(18,19)25-11-4-2-10(3-5-11)14(23)20-8-9-1-6-12-13(7-9)22-15(24)21-12/h1-7H,8H2,(H,20,23)(H2,21,22,24). The fourth-order valence-corrected chi connectivity index (χ4v) is 2.28. The molecule has 1 heterocycles. The number of carbonyl (C=O) groups is 1. The number of hydrogen-bond acceptors (Lipinski definition) is 3. The van der Waals surface area contributed by atoms with E-state index in [0.29, 0.717) is 11.0 Å². The van der Waals surface area contributed by atoms with Gasteiger partial charge in [0, 0.05) is 12.1 Å². The summed E-state index contributed by atoms with van der Waals surface area (Å²) in [5, 5.41) is 2.65. The number of nitrogens with one attached hydrogen (secondary N) is 3. The van der Waals surface area contributed by atoms with E-state index in [9.17, 15) is 22.8 Å². The molecule has 0 fully saturated rings. The van der Waals surface area contributed by atoms with Crippen molar-refractivity contribution in [2.75, 3.05) is 0 Å². The minimum atomic E-state index is -4.78. The van der Waals surface area contributed by atoms with Gasteiger partial charge in [-0.1, -0.05) is 6.07 Å². The molecule has 0 saturated carbocycles. The van der Waals surface area contributed by atoms with Crippen LogP contribution >= 0.6 is 0 Å². The number of aromatic nitrogens is 2. The van der Waals surface area contributed by atoms with Gasteiger partial charge in [0.15, 0.2) is 0 Å². The fourth-order valence-electron chi connectivity index (χ4n) is 2.28. The largest absolute Gasteiger partial charge is 0.573 e. The highest BCUT2D eigenvalue weighted by Crippen LogP contribution is 2.22. The van der Waals surface area contributed by atoms with Gasteiger partial charge in [-0.2, -0.15) is 0 Å². The quantitative estimate of drug-likeness (QED) is 0.675. The van der Waals surface area contributed by atoms with Gasteiger partial charge in [-0.15, -0.1) is 13.2 Å². The molecule has 0 spiro atoms. The van der Waals surface area contributed by atoms with Crippen molar-refractivity contribution in [1.82, 2.24) is 15.3 Å². The minimum absolute atomic E-state index is 0.197. The molecule has 0 bridgehead atoms. The smallest absolute Gasteiger partial charge is 0.406 e. The van der Waals surface area contributed by atoms with Crippen molar-refractivity contribution in [3.8, 4) is 5.75 Å². The van der Waals surface area contributed by atoms with Crippen molar-refractivity contribution in [2.24, 2.45) is 0 Å². The maximum Gasteiger partial charge on any atom is 0.573 e. The molecule has 130 valence electrons. The zero-order valence-corrected chi connectivity index (χ0v) is 12.6. The summed E-state index contributed by atoms with van der Waals surface area (Å²) in [6.45, 7) is 0.197. The Bertz CT molecular complexity index is 958. The van der Waals surface area contributed by atoms with Crippen molar-refractivity contribution in [3.05, 3.63) is 64.1 Å². The van der Waals surface area contributed by atoms with Gasteiger partial charge in [-0.25, -0.2) is 4.79 Å². The normalized spacial score (nSPS) is 11.5. The van der Waals surface area contributed by atoms with Crippen molar-refractivity contribution in [3.63, 3.8) is 0 Å². The molecule has 0 aliphatic heterocycles. The van der Waals surface area contributed by atoms with Gasteiger partial charge in [0.25, 0.3) is 5.91 Å². The predicted molar refractivity (Wildman–Crippen MR) is 83.2 cm³/mol. The van der Waals surface area contributed by atoms with Crippen LogP contribution < -0.4 is 15.7 Å². The average molecular weight is 351 g/mol. The Balaban J connectivity index is 1.64. The van der Waals surface area contributed by atoms with Gasteiger partial charge in [0.1, 0.15) is 5.75 Å². The van der Waals surface area contributed by atoms with Crippen LogP contribution in [0.25, 0.3) is 11.0 Å². The molecule has 25 heavy (non-hydrogen) atoms. The van der Waals surface area contributed by atoms with Crippen LogP contribution in [0.1, 0.15) is 15.9 Å². The maximum atomic E-state index is 12.1. The summed E-state index contributed by atoms with van der Waals surface area (Å²) in [6.07, 6.45) is -4.78. The van der Waals surface area contributed by atoms with E-state index >= 15 is 0 Å². The second-order valence-electron chi connectivity index (χ2n) is 5.21. The molecule has 0 atom stereocenters. The van der Waals surface area contributed by atoms with E-state index in [1.54, 1.807) is 18.2 Å². The van der Waals surface area contributed by atoms with Crippen LogP contribution in [0, 0.1) is 0 Å². The van der Waals surface area contributed by atoms with E-state index in [1.165, 1.54) is 12.1 Å². The van der Waals surface area contributed by atoms with Crippen molar-refractivity contribution in [2.45, 2.75) is 12.9 Å². The van der Waals surface area contributed by atoms with E-state index in [4.69, 9.17) is 0 Å². The first-order chi connectivity index (χ1) is 11.8. The lowest BCUT2D eigenvalue weighted by Crippen LogP contribution is -2.22.